The maximum absolute atomic E-state index is 12.4. The van der Waals surface area contributed by atoms with Gasteiger partial charge in [0, 0.05) is 19.1 Å². The van der Waals surface area contributed by atoms with Crippen LogP contribution in [-0.4, -0.2) is 34.9 Å². The fraction of sp³-hybridized carbons (Fsp3) is 0.667. The SMILES string of the molecule is CCNc1nc(N)c(C(=O)N(C)C(C)(C)CC)s1. The lowest BCUT2D eigenvalue weighted by Gasteiger charge is -2.34. The highest BCUT2D eigenvalue weighted by atomic mass is 32.1. The molecule has 0 fully saturated rings. The molecule has 3 N–H and O–H groups in total. The second kappa shape index (κ2) is 5.56. The van der Waals surface area contributed by atoms with Crippen LogP contribution >= 0.6 is 11.3 Å². The molecule has 0 radical (unpaired) electrons. The number of carbonyl (C=O) groups is 1. The van der Waals surface area contributed by atoms with E-state index in [4.69, 9.17) is 5.73 Å². The molecule has 1 aromatic heterocycles. The van der Waals surface area contributed by atoms with Crippen molar-refractivity contribution in [2.24, 2.45) is 0 Å². The van der Waals surface area contributed by atoms with Crippen LogP contribution in [0.25, 0.3) is 0 Å². The van der Waals surface area contributed by atoms with Gasteiger partial charge in [0.15, 0.2) is 5.13 Å². The summed E-state index contributed by atoms with van der Waals surface area (Å²) in [5.74, 6) is 0.237. The second-order valence-electron chi connectivity index (χ2n) is 4.79. The number of nitrogens with two attached hydrogens (primary N) is 1. The maximum Gasteiger partial charge on any atom is 0.268 e. The minimum absolute atomic E-state index is 0.0685. The Morgan fingerprint density at radius 2 is 2.11 bits per heavy atom. The van der Waals surface area contributed by atoms with Gasteiger partial charge in [-0.25, -0.2) is 4.98 Å². The molecule has 1 amide bonds. The molecule has 1 rings (SSSR count). The quantitative estimate of drug-likeness (QED) is 0.862. The first-order chi connectivity index (χ1) is 8.33. The van der Waals surface area contributed by atoms with Crippen LogP contribution in [0.5, 0.6) is 0 Å². The van der Waals surface area contributed by atoms with E-state index in [0.717, 1.165) is 13.0 Å². The highest BCUT2D eigenvalue weighted by Crippen LogP contribution is 2.28. The Bertz CT molecular complexity index is 428. The number of hydrogen-bond acceptors (Lipinski definition) is 5. The largest absolute Gasteiger partial charge is 0.382 e. The number of aromatic nitrogens is 1. The molecule has 0 saturated carbocycles. The minimum atomic E-state index is -0.189. The number of nitrogens with zero attached hydrogens (tertiary/aromatic N) is 2. The minimum Gasteiger partial charge on any atom is -0.382 e. The number of thiazole rings is 1. The Hall–Kier alpha value is -1.30. The Morgan fingerprint density at radius 3 is 2.61 bits per heavy atom. The summed E-state index contributed by atoms with van der Waals surface area (Å²) in [5, 5.41) is 3.77. The highest BCUT2D eigenvalue weighted by molar-refractivity contribution is 7.18. The van der Waals surface area contributed by atoms with Gasteiger partial charge in [0.1, 0.15) is 10.7 Å². The van der Waals surface area contributed by atoms with Gasteiger partial charge in [-0.05, 0) is 27.2 Å². The van der Waals surface area contributed by atoms with E-state index in [2.05, 4.69) is 17.2 Å². The van der Waals surface area contributed by atoms with Gasteiger partial charge in [0.2, 0.25) is 0 Å². The average Bonchev–Trinajstić information content (AvgIpc) is 2.69. The van der Waals surface area contributed by atoms with Crippen LogP contribution in [-0.2, 0) is 0 Å². The first-order valence-electron chi connectivity index (χ1n) is 6.11. The monoisotopic (exact) mass is 270 g/mol. The van der Waals surface area contributed by atoms with Crippen LogP contribution < -0.4 is 11.1 Å². The summed E-state index contributed by atoms with van der Waals surface area (Å²) in [7, 11) is 1.80. The summed E-state index contributed by atoms with van der Waals surface area (Å²) in [6.07, 6.45) is 0.883. The van der Waals surface area contributed by atoms with Crippen LogP contribution in [0.2, 0.25) is 0 Å². The zero-order valence-electron chi connectivity index (χ0n) is 11.7. The number of amides is 1. The van der Waals surface area contributed by atoms with Crippen LogP contribution in [0.3, 0.4) is 0 Å². The van der Waals surface area contributed by atoms with Crippen molar-refractivity contribution in [3.63, 3.8) is 0 Å². The first kappa shape index (κ1) is 14.8. The molecule has 0 atom stereocenters. The number of anilines is 2. The third kappa shape index (κ3) is 2.93. The van der Waals surface area contributed by atoms with Crippen LogP contribution in [0, 0.1) is 0 Å². The maximum atomic E-state index is 12.4. The van der Waals surface area contributed by atoms with Gasteiger partial charge in [-0.1, -0.05) is 18.3 Å². The molecule has 0 aliphatic carbocycles. The standard InChI is InChI=1S/C12H22N4OS/c1-6-12(3,4)16(5)10(17)8-9(13)15-11(18-8)14-7-2/h6-7,13H2,1-5H3,(H,14,15). The average molecular weight is 270 g/mol. The molecule has 0 bridgehead atoms. The van der Waals surface area contributed by atoms with Gasteiger partial charge in [-0.15, -0.1) is 0 Å². The van der Waals surface area contributed by atoms with Gasteiger partial charge in [-0.2, -0.15) is 0 Å². The number of nitrogen functional groups attached to an aromatic ring is 1. The Balaban J connectivity index is 2.97. The molecule has 18 heavy (non-hydrogen) atoms. The number of carbonyl (C=O) groups excluding carboxylic acids is 1. The van der Waals surface area contributed by atoms with Crippen molar-refractivity contribution in [1.29, 1.82) is 0 Å². The highest BCUT2D eigenvalue weighted by Gasteiger charge is 2.29. The van der Waals surface area contributed by atoms with E-state index in [-0.39, 0.29) is 11.4 Å². The summed E-state index contributed by atoms with van der Waals surface area (Å²) >= 11 is 1.31. The molecule has 6 heteroatoms. The molecular weight excluding hydrogens is 248 g/mol. The van der Waals surface area contributed by atoms with Crippen molar-refractivity contribution in [3.8, 4) is 0 Å². The van der Waals surface area contributed by atoms with Crippen LogP contribution in [0.1, 0.15) is 43.8 Å². The second-order valence-corrected chi connectivity index (χ2v) is 5.79. The van der Waals surface area contributed by atoms with Crippen LogP contribution in [0.4, 0.5) is 10.9 Å². The third-order valence-electron chi connectivity index (χ3n) is 3.25. The molecule has 0 aliphatic heterocycles. The van der Waals surface area contributed by atoms with E-state index in [9.17, 15) is 4.79 Å². The van der Waals surface area contributed by atoms with Crippen molar-refractivity contribution >= 4 is 28.2 Å². The smallest absolute Gasteiger partial charge is 0.268 e. The van der Waals surface area contributed by atoms with Crippen molar-refractivity contribution in [2.75, 3.05) is 24.6 Å². The fourth-order valence-electron chi connectivity index (χ4n) is 1.38. The van der Waals surface area contributed by atoms with E-state index in [1.54, 1.807) is 11.9 Å². The number of rotatable bonds is 5. The molecule has 1 aromatic rings. The van der Waals surface area contributed by atoms with Gasteiger partial charge in [0.05, 0.1) is 0 Å². The predicted octanol–water partition coefficient (Wildman–Crippen LogP) is 2.42. The van der Waals surface area contributed by atoms with Crippen molar-refractivity contribution < 1.29 is 4.79 Å². The molecule has 102 valence electrons. The van der Waals surface area contributed by atoms with Gasteiger partial charge >= 0.3 is 0 Å². The first-order valence-corrected chi connectivity index (χ1v) is 6.93. The Labute approximate surface area is 112 Å². The van der Waals surface area contributed by atoms with E-state index in [0.29, 0.717) is 15.8 Å². The van der Waals surface area contributed by atoms with Crippen molar-refractivity contribution in [3.05, 3.63) is 4.88 Å². The molecule has 0 saturated heterocycles. The lowest BCUT2D eigenvalue weighted by molar-refractivity contribution is 0.0626. The fourth-order valence-corrected chi connectivity index (χ4v) is 2.30. The molecule has 0 unspecified atom stereocenters. The molecule has 5 nitrogen and oxygen atoms in total. The zero-order valence-corrected chi connectivity index (χ0v) is 12.5. The van der Waals surface area contributed by atoms with E-state index >= 15 is 0 Å². The molecule has 0 aromatic carbocycles. The zero-order chi connectivity index (χ0) is 13.9. The van der Waals surface area contributed by atoms with Crippen molar-refractivity contribution in [1.82, 2.24) is 9.88 Å². The Kier molecular flexibility index (Phi) is 4.56. The predicted molar refractivity (Wildman–Crippen MR) is 77.2 cm³/mol. The summed E-state index contributed by atoms with van der Waals surface area (Å²) in [5.41, 5.74) is 5.62. The summed E-state index contributed by atoms with van der Waals surface area (Å²) in [6, 6.07) is 0. The summed E-state index contributed by atoms with van der Waals surface area (Å²) in [4.78, 5) is 18.8. The van der Waals surface area contributed by atoms with Crippen molar-refractivity contribution in [2.45, 2.75) is 39.7 Å². The summed E-state index contributed by atoms with van der Waals surface area (Å²) < 4.78 is 0. The number of nitrogens with one attached hydrogen (secondary N) is 1. The van der Waals surface area contributed by atoms with Gasteiger partial charge in [-0.3, -0.25) is 4.79 Å². The van der Waals surface area contributed by atoms with E-state index in [1.807, 2.05) is 20.8 Å². The third-order valence-corrected chi connectivity index (χ3v) is 4.27. The molecule has 0 aliphatic rings. The van der Waals surface area contributed by atoms with Gasteiger partial charge < -0.3 is 16.0 Å². The molecule has 1 heterocycles. The normalized spacial score (nSPS) is 11.4. The topological polar surface area (TPSA) is 71.2 Å². The summed E-state index contributed by atoms with van der Waals surface area (Å²) in [6.45, 7) is 8.87. The van der Waals surface area contributed by atoms with Gasteiger partial charge in [0.25, 0.3) is 5.91 Å². The Morgan fingerprint density at radius 1 is 1.50 bits per heavy atom. The molecular formula is C12H22N4OS. The van der Waals surface area contributed by atoms with E-state index in [1.165, 1.54) is 11.3 Å². The van der Waals surface area contributed by atoms with Crippen LogP contribution in [0.15, 0.2) is 0 Å². The lowest BCUT2D eigenvalue weighted by Crippen LogP contribution is -2.44. The van der Waals surface area contributed by atoms with E-state index < -0.39 is 0 Å². The number of hydrogen-bond donors (Lipinski definition) is 2. The lowest BCUT2D eigenvalue weighted by atomic mass is 10.00. The molecule has 0 spiro atoms.